The van der Waals surface area contributed by atoms with E-state index in [1.807, 2.05) is 0 Å². The van der Waals surface area contributed by atoms with Gasteiger partial charge < -0.3 is 46.5 Å². The number of nitrogens with one attached hydrogen (secondary N) is 6. The van der Waals surface area contributed by atoms with Crippen LogP contribution in [0.5, 0.6) is 0 Å². The number of nitro benzene ring substituents is 6. The van der Waals surface area contributed by atoms with Crippen LogP contribution in [0.4, 0.5) is 52.0 Å². The fourth-order valence-corrected chi connectivity index (χ4v) is 6.53. The number of carbonyl (C=O) groups is 6. The van der Waals surface area contributed by atoms with Crippen LogP contribution in [0.15, 0.2) is 161 Å². The molecule has 6 aromatic heterocycles. The van der Waals surface area contributed by atoms with Crippen molar-refractivity contribution in [1.82, 2.24) is 124 Å². The smallest absolute Gasteiger partial charge is 0.345 e. The topological polar surface area (TPSA) is 771 Å². The Hall–Kier alpha value is -14.3. The molecule has 6 heterocycles. The Balaban J connectivity index is 0.000000265. The molecule has 57 heteroatoms. The van der Waals surface area contributed by atoms with Crippen LogP contribution in [0.2, 0.25) is 0 Å². The number of H-pyrrole nitrogens is 6. The number of nitro groups is 6. The summed E-state index contributed by atoms with van der Waals surface area (Å²) in [5.74, 6) is -3.57. The van der Waals surface area contributed by atoms with E-state index in [0.29, 0.717) is 0 Å². The number of hydrogen-bond acceptors (Lipinski definition) is 33. The van der Waals surface area contributed by atoms with Gasteiger partial charge >= 0.3 is 81.9 Å². The third-order valence-corrected chi connectivity index (χ3v) is 11.2. The van der Waals surface area contributed by atoms with Gasteiger partial charge in [-0.1, -0.05) is 0 Å². The summed E-state index contributed by atoms with van der Waals surface area (Å²) in [7, 11) is 0. The van der Waals surface area contributed by atoms with Crippen molar-refractivity contribution >= 4 is 87.4 Å². The number of rotatable bonds is 15. The molecule has 0 spiro atoms. The van der Waals surface area contributed by atoms with Gasteiger partial charge in [-0.05, 0) is 72.8 Å². The molecule has 516 valence electrons. The quantitative estimate of drug-likeness (QED) is 0.0475. The molecule has 0 aliphatic carbocycles. The minimum atomic E-state index is -0.585. The molecule has 0 aliphatic heterocycles. The van der Waals surface area contributed by atoms with E-state index in [9.17, 15) is 89.5 Å². The third-order valence-electron chi connectivity index (χ3n) is 11.2. The minimum absolute atomic E-state index is 0. The van der Waals surface area contributed by atoms with Gasteiger partial charge in [0.05, 0.1) is 47.4 Å². The molecule has 0 radical (unpaired) electrons. The van der Waals surface area contributed by atoms with E-state index in [4.69, 9.17) is 0 Å². The second-order valence-corrected chi connectivity index (χ2v) is 17.7. The van der Waals surface area contributed by atoms with E-state index in [1.165, 1.54) is 146 Å². The number of benzene rings is 6. The first kappa shape index (κ1) is 83.1. The van der Waals surface area contributed by atoms with Gasteiger partial charge in [-0.3, -0.25) is 120 Å². The summed E-state index contributed by atoms with van der Waals surface area (Å²) in [6.07, 6.45) is 0. The van der Waals surface area contributed by atoms with Gasteiger partial charge in [-0.25, -0.2) is 30.9 Å². The number of non-ortho nitro benzene ring substituents is 6. The van der Waals surface area contributed by atoms with Gasteiger partial charge in [0.15, 0.2) is 0 Å². The molecule has 12 rings (SSSR count). The number of aromatic amines is 6. The Labute approximate surface area is 634 Å². The summed E-state index contributed by atoms with van der Waals surface area (Å²) in [5, 5.41) is 146. The Bertz CT molecular complexity index is 4550. The maximum atomic E-state index is 11.5. The molecule has 6 aromatic carbocycles. The van der Waals surface area contributed by atoms with Gasteiger partial charge in [0, 0.05) is 106 Å². The molecule has 0 bridgehead atoms. The predicted molar refractivity (Wildman–Crippen MR) is 322 cm³/mol. The average molecular weight is 1740 g/mol. The number of nitrogens with zero attached hydrogens (tertiary/aromatic N) is 30. The normalized spacial score (nSPS) is 10.3. The van der Waals surface area contributed by atoms with E-state index in [-0.39, 0.29) is 184 Å². The zero-order valence-electron chi connectivity index (χ0n) is 51.7. The first-order valence-corrected chi connectivity index (χ1v) is 26.5. The van der Waals surface area contributed by atoms with Crippen molar-refractivity contribution in [2.45, 2.75) is 0 Å². The molecule has 0 atom stereocenters. The summed E-state index contributed by atoms with van der Waals surface area (Å²) in [5.41, 5.74) is 0.661. The van der Waals surface area contributed by atoms with E-state index >= 15 is 0 Å². The van der Waals surface area contributed by atoms with Crippen molar-refractivity contribution in [2.75, 3.05) is 0 Å². The second-order valence-electron chi connectivity index (χ2n) is 17.7. The summed E-state index contributed by atoms with van der Waals surface area (Å²) in [6.45, 7) is 0. The number of amides is 6. The van der Waals surface area contributed by atoms with Crippen LogP contribution in [0, 0.1) is 60.7 Å². The Morgan fingerprint density at radius 3 is 0.638 bits per heavy atom. The molecule has 0 saturated heterocycles. The van der Waals surface area contributed by atoms with Crippen LogP contribution in [0.3, 0.4) is 0 Å². The molecule has 0 unspecified atom stereocenters. The fourth-order valence-electron chi connectivity index (χ4n) is 6.53. The largest absolute Gasteiger partial charge is 2.00 e. The van der Waals surface area contributed by atoms with Gasteiger partial charge in [-0.15, -0.1) is 46.9 Å². The van der Waals surface area contributed by atoms with E-state index in [1.54, 1.807) is 0 Å². The second kappa shape index (κ2) is 42.0. The molecule has 105 heavy (non-hydrogen) atoms. The van der Waals surface area contributed by atoms with Gasteiger partial charge in [-0.2, -0.15) is 0 Å². The molecule has 6 amide bonds. The van der Waals surface area contributed by atoms with Crippen molar-refractivity contribution < 1.29 is 140 Å². The average Bonchev–Trinajstić information content (AvgIpc) is 1.86. The Morgan fingerprint density at radius 1 is 0.295 bits per heavy atom. The zero-order valence-corrected chi connectivity index (χ0v) is 63.9. The van der Waals surface area contributed by atoms with Crippen molar-refractivity contribution in [2.24, 2.45) is 15.0 Å². The van der Waals surface area contributed by atoms with Crippen molar-refractivity contribution in [3.05, 3.63) is 272 Å². The molecular weight excluding hydrogens is 1710 g/mol. The molecule has 54 nitrogen and oxygen atoms in total. The van der Waals surface area contributed by atoms with Crippen molar-refractivity contribution in [3.8, 4) is 0 Å². The summed E-state index contributed by atoms with van der Waals surface area (Å²) in [6, 6.07) is 30.4. The Kier molecular flexibility index (Phi) is 33.2. The maximum absolute atomic E-state index is 11.5. The van der Waals surface area contributed by atoms with E-state index in [2.05, 4.69) is 155 Å². The van der Waals surface area contributed by atoms with Crippen LogP contribution in [0.1, 0.15) is 62.1 Å². The maximum Gasteiger partial charge on any atom is 2.00 e. The first-order valence-electron chi connectivity index (χ1n) is 26.5. The molecule has 0 fully saturated rings. The number of hydrogen-bond donors (Lipinski definition) is 6. The standard InChI is InChI=1S/6C8H6N6O3.3Cd/c6*15-7(9-8-10-12-13-11-8)5-1-3-6(4-2-5)14(16)17;;;/h6*1-4H,(H2,9,10,11,12,13,15);;;/q;;;;;;3*+2/p-6. The van der Waals surface area contributed by atoms with Crippen LogP contribution >= 0.6 is 0 Å². The van der Waals surface area contributed by atoms with Gasteiger partial charge in [0.1, 0.15) is 16.9 Å². The van der Waals surface area contributed by atoms with E-state index < -0.39 is 65.0 Å². The fraction of sp³-hybridized carbons (Fsp3) is 0. The summed E-state index contributed by atoms with van der Waals surface area (Å²) >= 11 is 0. The van der Waals surface area contributed by atoms with Crippen LogP contribution in [-0.2, 0) is 81.9 Å². The predicted octanol–water partition coefficient (Wildman–Crippen LogP) is 1.09. The molecule has 0 aliphatic rings. The first-order chi connectivity index (χ1) is 49.0. The zero-order chi connectivity index (χ0) is 73.5. The molecule has 0 saturated carbocycles. The number of tetrazole rings is 6. The summed E-state index contributed by atoms with van der Waals surface area (Å²) in [4.78, 5) is 139. The van der Waals surface area contributed by atoms with Gasteiger partial charge in [0.2, 0.25) is 35.4 Å². The number of aromatic nitrogens is 24. The molecule has 12 aromatic rings. The van der Waals surface area contributed by atoms with Crippen LogP contribution in [0.25, 0.3) is 16.0 Å². The molecule has 6 N–H and O–H groups in total. The SMILES string of the molecule is O=C(N=c1[n-]nn[nH]1)c1ccc([N+](=O)[O-])cc1.O=C(N=c1[n-]nn[nH]1)c1ccc([N+](=O)[O-])cc1.O=C(N=c1[n-]nn[nH]1)c1ccc([N+](=O)[O-])cc1.O=C([N-]c1nnn[nH]1)c1ccc([N+](=O)[O-])cc1.O=C([N-]c1nnn[nH]1)c1ccc([N+](=O)[O-])cc1.O=C([N-]c1nnn[nH]1)c1ccc([N+](=O)[O-])cc1.[Cd+2].[Cd+2].[Cd+2]. The van der Waals surface area contributed by atoms with Crippen LogP contribution in [-0.4, -0.2) is 173 Å². The van der Waals surface area contributed by atoms with E-state index in [0.717, 1.165) is 0 Å². The third kappa shape index (κ3) is 27.1. The van der Waals surface area contributed by atoms with Crippen molar-refractivity contribution in [3.63, 3.8) is 0 Å². The molecular formula is C48H30Cd3N36O18. The minimum Gasteiger partial charge on any atom is -0.345 e. The Morgan fingerprint density at radius 2 is 0.486 bits per heavy atom. The number of carbonyl (C=O) groups excluding carboxylic acids is 6. The summed E-state index contributed by atoms with van der Waals surface area (Å²) < 4.78 is 0. The monoisotopic (exact) mass is 1740 g/mol. The van der Waals surface area contributed by atoms with Crippen molar-refractivity contribution in [1.29, 1.82) is 0 Å². The van der Waals surface area contributed by atoms with Crippen LogP contribution < -0.4 is 32.2 Å². The van der Waals surface area contributed by atoms with Gasteiger partial charge in [0.25, 0.3) is 34.1 Å².